The van der Waals surface area contributed by atoms with E-state index in [9.17, 15) is 0 Å². The molecule has 1 spiro atoms. The van der Waals surface area contributed by atoms with Crippen LogP contribution in [0.1, 0.15) is 48.9 Å². The Morgan fingerprint density at radius 3 is 2.29 bits per heavy atom. The normalized spacial score (nSPS) is 24.6. The average Bonchev–Trinajstić information content (AvgIpc) is 2.90. The van der Waals surface area contributed by atoms with Gasteiger partial charge in [-0.25, -0.2) is 4.98 Å². The predicted octanol–water partition coefficient (Wildman–Crippen LogP) is 2.69. The van der Waals surface area contributed by atoms with Gasteiger partial charge in [-0.3, -0.25) is 0 Å². The van der Waals surface area contributed by atoms with Gasteiger partial charge in [0.25, 0.3) is 0 Å². The first kappa shape index (κ1) is 11.2. The summed E-state index contributed by atoms with van der Waals surface area (Å²) in [7, 11) is 0. The first-order chi connectivity index (χ1) is 8.19. The van der Waals surface area contributed by atoms with Gasteiger partial charge in [0, 0.05) is 18.8 Å². The summed E-state index contributed by atoms with van der Waals surface area (Å²) >= 11 is 0. The third kappa shape index (κ3) is 2.00. The molecule has 1 aliphatic heterocycles. The molecule has 0 unspecified atom stereocenters. The van der Waals surface area contributed by atoms with Crippen molar-refractivity contribution in [3.05, 3.63) is 17.3 Å². The summed E-state index contributed by atoms with van der Waals surface area (Å²) in [5.74, 6) is 1.98. The molecule has 0 radical (unpaired) electrons. The second-order valence-corrected chi connectivity index (χ2v) is 5.08. The molecule has 17 heavy (non-hydrogen) atoms. The van der Waals surface area contributed by atoms with Crippen LogP contribution in [0.3, 0.4) is 0 Å². The van der Waals surface area contributed by atoms with E-state index in [-0.39, 0.29) is 5.79 Å². The SMILES string of the molecule is Cc1nc(C2CCC3(CC2)OCCO3)oc1C. The lowest BCUT2D eigenvalue weighted by atomic mass is 9.85. The minimum atomic E-state index is -0.285. The Hall–Kier alpha value is -0.870. The molecule has 94 valence electrons. The molecule has 0 aromatic carbocycles. The number of hydrogen-bond acceptors (Lipinski definition) is 4. The van der Waals surface area contributed by atoms with Gasteiger partial charge in [0.05, 0.1) is 18.9 Å². The van der Waals surface area contributed by atoms with E-state index in [1.54, 1.807) is 0 Å². The van der Waals surface area contributed by atoms with Crippen LogP contribution in [0.15, 0.2) is 4.42 Å². The van der Waals surface area contributed by atoms with Crippen molar-refractivity contribution in [2.45, 2.75) is 51.2 Å². The third-order valence-electron chi connectivity index (χ3n) is 3.96. The summed E-state index contributed by atoms with van der Waals surface area (Å²) in [6.45, 7) is 5.44. The molecule has 0 amide bonds. The molecular weight excluding hydrogens is 218 g/mol. The van der Waals surface area contributed by atoms with Crippen LogP contribution in [0.2, 0.25) is 0 Å². The van der Waals surface area contributed by atoms with Gasteiger partial charge >= 0.3 is 0 Å². The van der Waals surface area contributed by atoms with Crippen LogP contribution in [0.5, 0.6) is 0 Å². The molecule has 0 N–H and O–H groups in total. The number of hydrogen-bond donors (Lipinski definition) is 0. The Balaban J connectivity index is 1.68. The second kappa shape index (κ2) is 4.10. The fourth-order valence-corrected chi connectivity index (χ4v) is 2.76. The van der Waals surface area contributed by atoms with Crippen molar-refractivity contribution in [2.24, 2.45) is 0 Å². The number of ether oxygens (including phenoxy) is 2. The zero-order chi connectivity index (χ0) is 11.9. The Morgan fingerprint density at radius 1 is 1.12 bits per heavy atom. The molecule has 4 heteroatoms. The number of nitrogens with zero attached hydrogens (tertiary/aromatic N) is 1. The van der Waals surface area contributed by atoms with Gasteiger partial charge in [-0.05, 0) is 26.7 Å². The fraction of sp³-hybridized carbons (Fsp3) is 0.769. The monoisotopic (exact) mass is 237 g/mol. The minimum Gasteiger partial charge on any atom is -0.445 e. The van der Waals surface area contributed by atoms with Crippen LogP contribution in [0.25, 0.3) is 0 Å². The molecule has 1 aliphatic carbocycles. The minimum absolute atomic E-state index is 0.285. The van der Waals surface area contributed by atoms with Gasteiger partial charge in [0.2, 0.25) is 0 Å². The van der Waals surface area contributed by atoms with Gasteiger partial charge < -0.3 is 13.9 Å². The van der Waals surface area contributed by atoms with E-state index in [2.05, 4.69) is 4.98 Å². The van der Waals surface area contributed by atoms with Crippen molar-refractivity contribution in [2.75, 3.05) is 13.2 Å². The van der Waals surface area contributed by atoms with Gasteiger partial charge in [-0.1, -0.05) is 0 Å². The highest BCUT2D eigenvalue weighted by Crippen LogP contribution is 2.42. The zero-order valence-electron chi connectivity index (χ0n) is 10.5. The predicted molar refractivity (Wildman–Crippen MR) is 61.8 cm³/mol. The first-order valence-corrected chi connectivity index (χ1v) is 6.40. The van der Waals surface area contributed by atoms with Gasteiger partial charge in [0.1, 0.15) is 5.76 Å². The summed E-state index contributed by atoms with van der Waals surface area (Å²) in [5, 5.41) is 0. The summed E-state index contributed by atoms with van der Waals surface area (Å²) < 4.78 is 17.2. The van der Waals surface area contributed by atoms with Gasteiger partial charge in [-0.15, -0.1) is 0 Å². The topological polar surface area (TPSA) is 44.5 Å². The summed E-state index contributed by atoms with van der Waals surface area (Å²) in [4.78, 5) is 4.50. The lowest BCUT2D eigenvalue weighted by Gasteiger charge is -2.34. The molecule has 2 aliphatic rings. The molecule has 3 rings (SSSR count). The highest BCUT2D eigenvalue weighted by atomic mass is 16.7. The Labute approximate surface area is 101 Å². The van der Waals surface area contributed by atoms with E-state index in [0.717, 1.165) is 56.2 Å². The van der Waals surface area contributed by atoms with Crippen molar-refractivity contribution >= 4 is 0 Å². The zero-order valence-corrected chi connectivity index (χ0v) is 10.5. The quantitative estimate of drug-likeness (QED) is 0.753. The highest BCUT2D eigenvalue weighted by molar-refractivity contribution is 5.09. The third-order valence-corrected chi connectivity index (χ3v) is 3.96. The molecule has 1 saturated carbocycles. The second-order valence-electron chi connectivity index (χ2n) is 5.08. The molecular formula is C13H19NO3. The van der Waals surface area contributed by atoms with Gasteiger partial charge in [-0.2, -0.15) is 0 Å². The molecule has 2 fully saturated rings. The summed E-state index contributed by atoms with van der Waals surface area (Å²) in [5.41, 5.74) is 1.01. The van der Waals surface area contributed by atoms with Crippen molar-refractivity contribution in [3.8, 4) is 0 Å². The number of rotatable bonds is 1. The first-order valence-electron chi connectivity index (χ1n) is 6.40. The maximum atomic E-state index is 5.72. The Morgan fingerprint density at radius 2 is 1.76 bits per heavy atom. The number of aryl methyl sites for hydroxylation is 2. The molecule has 0 bridgehead atoms. The van der Waals surface area contributed by atoms with Crippen LogP contribution < -0.4 is 0 Å². The number of oxazole rings is 1. The lowest BCUT2D eigenvalue weighted by Crippen LogP contribution is -2.34. The smallest absolute Gasteiger partial charge is 0.197 e. The van der Waals surface area contributed by atoms with E-state index in [0.29, 0.717) is 5.92 Å². The average molecular weight is 237 g/mol. The van der Waals surface area contributed by atoms with Crippen LogP contribution in [0, 0.1) is 13.8 Å². The number of aromatic nitrogens is 1. The van der Waals surface area contributed by atoms with Crippen molar-refractivity contribution < 1.29 is 13.9 Å². The maximum absolute atomic E-state index is 5.72. The fourth-order valence-electron chi connectivity index (χ4n) is 2.76. The van der Waals surface area contributed by atoms with Crippen LogP contribution in [-0.4, -0.2) is 24.0 Å². The van der Waals surface area contributed by atoms with Crippen molar-refractivity contribution in [1.82, 2.24) is 4.98 Å². The van der Waals surface area contributed by atoms with E-state index in [1.165, 1.54) is 0 Å². The molecule has 4 nitrogen and oxygen atoms in total. The Kier molecular flexibility index (Phi) is 2.71. The van der Waals surface area contributed by atoms with E-state index in [4.69, 9.17) is 13.9 Å². The molecule has 1 saturated heterocycles. The maximum Gasteiger partial charge on any atom is 0.197 e. The summed E-state index contributed by atoms with van der Waals surface area (Å²) in [6.07, 6.45) is 4.00. The molecule has 1 aromatic rings. The lowest BCUT2D eigenvalue weighted by molar-refractivity contribution is -0.179. The summed E-state index contributed by atoms with van der Waals surface area (Å²) in [6, 6.07) is 0. The van der Waals surface area contributed by atoms with Crippen LogP contribution in [-0.2, 0) is 9.47 Å². The highest BCUT2D eigenvalue weighted by Gasteiger charge is 2.41. The molecule has 0 atom stereocenters. The molecule has 2 heterocycles. The van der Waals surface area contributed by atoms with Crippen LogP contribution >= 0.6 is 0 Å². The Bertz CT molecular complexity index is 377. The van der Waals surface area contributed by atoms with Gasteiger partial charge in [0.15, 0.2) is 11.7 Å². The van der Waals surface area contributed by atoms with E-state index >= 15 is 0 Å². The van der Waals surface area contributed by atoms with E-state index < -0.39 is 0 Å². The van der Waals surface area contributed by atoms with Crippen molar-refractivity contribution in [3.63, 3.8) is 0 Å². The van der Waals surface area contributed by atoms with E-state index in [1.807, 2.05) is 13.8 Å². The van der Waals surface area contributed by atoms with Crippen molar-refractivity contribution in [1.29, 1.82) is 0 Å². The standard InChI is InChI=1S/C13H19NO3/c1-9-10(2)17-12(14-9)11-3-5-13(6-4-11)15-7-8-16-13/h11H,3-8H2,1-2H3. The largest absolute Gasteiger partial charge is 0.445 e. The molecule has 1 aromatic heterocycles. The van der Waals surface area contributed by atoms with Crippen LogP contribution in [0.4, 0.5) is 0 Å².